The number of alkyl halides is 1. The van der Waals surface area contributed by atoms with Gasteiger partial charge in [0.25, 0.3) is 0 Å². The molecule has 0 saturated carbocycles. The fraction of sp³-hybridized carbons (Fsp3) is 0.286. The first-order chi connectivity index (χ1) is 10.2. The molecule has 7 nitrogen and oxygen atoms in total. The Morgan fingerprint density at radius 2 is 1.36 bits per heavy atom. The number of ketones is 1. The molecule has 22 heavy (non-hydrogen) atoms. The van der Waals surface area contributed by atoms with Gasteiger partial charge in [-0.2, -0.15) is 0 Å². The van der Waals surface area contributed by atoms with Crippen molar-refractivity contribution in [2.75, 3.05) is 4.43 Å². The van der Waals surface area contributed by atoms with Crippen molar-refractivity contribution in [1.82, 2.24) is 0 Å². The van der Waals surface area contributed by atoms with E-state index in [1.54, 1.807) is 12.1 Å². The predicted molar refractivity (Wildman–Crippen MR) is 83.7 cm³/mol. The fourth-order valence-electron chi connectivity index (χ4n) is 2.27. The van der Waals surface area contributed by atoms with E-state index < -0.39 is 46.4 Å². The Hall–Kier alpha value is -1.97. The van der Waals surface area contributed by atoms with E-state index in [9.17, 15) is 19.2 Å². The zero-order valence-electron chi connectivity index (χ0n) is 12.3. The van der Waals surface area contributed by atoms with E-state index in [0.29, 0.717) is 0 Å². The quantitative estimate of drug-likeness (QED) is 0.544. The van der Waals surface area contributed by atoms with Crippen LogP contribution in [-0.4, -0.2) is 28.1 Å². The molecule has 0 spiro atoms. The summed E-state index contributed by atoms with van der Waals surface area (Å²) >= 11 is -5.53. The zero-order valence-corrected chi connectivity index (χ0v) is 14.4. The summed E-state index contributed by atoms with van der Waals surface area (Å²) in [6.45, 7) is 3.31. The molecule has 0 fully saturated rings. The second-order valence-corrected chi connectivity index (χ2v) is 12.9. The predicted octanol–water partition coefficient (Wildman–Crippen LogP) is 2.06. The third-order valence-corrected chi connectivity index (χ3v) is 12.4. The number of carbonyl (C=O) groups excluding carboxylic acids is 4. The summed E-state index contributed by atoms with van der Waals surface area (Å²) in [5, 5.41) is 0. The van der Waals surface area contributed by atoms with Crippen molar-refractivity contribution in [3.63, 3.8) is 0 Å². The van der Waals surface area contributed by atoms with Gasteiger partial charge in [0.2, 0.25) is 0 Å². The molecule has 1 heterocycles. The van der Waals surface area contributed by atoms with Crippen molar-refractivity contribution < 1.29 is 28.4 Å². The van der Waals surface area contributed by atoms with E-state index in [0.717, 1.165) is 20.8 Å². The van der Waals surface area contributed by atoms with Crippen LogP contribution in [-0.2, 0) is 23.6 Å². The Bertz CT molecular complexity index is 641. The Kier molecular flexibility index (Phi) is 3.98. The molecule has 0 N–H and O–H groups in total. The molecule has 0 aromatic heterocycles. The number of hydrogen-bond donors (Lipinski definition) is 0. The average Bonchev–Trinajstić information content (AvgIpc) is 2.57. The average molecular weight is 422 g/mol. The number of carbonyl (C=O) groups is 4. The minimum absolute atomic E-state index is 0.193. The molecule has 0 amide bonds. The number of hydrogen-bond acceptors (Lipinski definition) is 7. The molecule has 2 rings (SSSR count). The molecule has 120 valence electrons. The van der Waals surface area contributed by atoms with E-state index in [1.165, 1.54) is 12.1 Å². The van der Waals surface area contributed by atoms with Crippen LogP contribution < -0.4 is 0 Å². The maximum atomic E-state index is 12.3. The molecule has 0 atom stereocenters. The third kappa shape index (κ3) is 2.58. The van der Waals surface area contributed by atoms with Gasteiger partial charge in [0.15, 0.2) is 0 Å². The van der Waals surface area contributed by atoms with Crippen molar-refractivity contribution in [3.05, 3.63) is 33.4 Å². The molecule has 1 aromatic rings. The summed E-state index contributed by atoms with van der Waals surface area (Å²) < 4.78 is 15.8. The summed E-state index contributed by atoms with van der Waals surface area (Å²) in [7, 11) is 0. The minimum atomic E-state index is -5.53. The summed E-state index contributed by atoms with van der Waals surface area (Å²) in [5.74, 6) is -2.77. The fourth-order valence-corrected chi connectivity index (χ4v) is 12.0. The standard InChI is InChI=1S/C14H15IO7/c1-9(16)20-15(21-10(2)17,22-11(3)18)8-14(19)12-6-4-5-7-13(12)15/h4-7H,8H2,1-3H3. The van der Waals surface area contributed by atoms with Gasteiger partial charge < -0.3 is 0 Å². The second-order valence-electron chi connectivity index (χ2n) is 4.62. The van der Waals surface area contributed by atoms with Crippen LogP contribution in [0.5, 0.6) is 0 Å². The SMILES string of the molecule is CC(=O)OI1(OC(C)=O)(OC(C)=O)CC(=O)c2ccccc21. The van der Waals surface area contributed by atoms with Crippen LogP contribution >= 0.6 is 18.3 Å². The summed E-state index contributed by atoms with van der Waals surface area (Å²) in [4.78, 5) is 47.2. The van der Waals surface area contributed by atoms with Gasteiger partial charge in [-0.3, -0.25) is 0 Å². The van der Waals surface area contributed by atoms with Crippen molar-refractivity contribution in [3.8, 4) is 0 Å². The van der Waals surface area contributed by atoms with Crippen molar-refractivity contribution in [2.24, 2.45) is 0 Å². The number of Topliss-reactive ketones (excluding diaryl/α,β-unsaturated/α-hetero) is 1. The Morgan fingerprint density at radius 1 is 0.909 bits per heavy atom. The van der Waals surface area contributed by atoms with E-state index >= 15 is 0 Å². The van der Waals surface area contributed by atoms with Gasteiger partial charge in [0.1, 0.15) is 0 Å². The van der Waals surface area contributed by atoms with Crippen LogP contribution in [0, 0.1) is 3.57 Å². The third-order valence-electron chi connectivity index (χ3n) is 2.71. The molecular formula is C14H15IO7. The Morgan fingerprint density at radius 3 is 1.82 bits per heavy atom. The summed E-state index contributed by atoms with van der Waals surface area (Å²) in [5.41, 5.74) is 0.236. The van der Waals surface area contributed by atoms with E-state index in [2.05, 4.69) is 0 Å². The van der Waals surface area contributed by atoms with E-state index in [4.69, 9.17) is 9.20 Å². The summed E-state index contributed by atoms with van der Waals surface area (Å²) in [6, 6.07) is 6.22. The van der Waals surface area contributed by atoms with Crippen LogP contribution in [0.25, 0.3) is 0 Å². The van der Waals surface area contributed by atoms with Crippen LogP contribution in [0.2, 0.25) is 0 Å². The maximum absolute atomic E-state index is 12.3. The molecule has 0 aliphatic carbocycles. The van der Waals surface area contributed by atoms with Crippen molar-refractivity contribution in [2.45, 2.75) is 20.8 Å². The molecular weight excluding hydrogens is 407 g/mol. The van der Waals surface area contributed by atoms with Crippen LogP contribution in [0.4, 0.5) is 0 Å². The summed E-state index contributed by atoms with van der Waals surface area (Å²) in [6.07, 6.45) is 0. The van der Waals surface area contributed by atoms with Crippen molar-refractivity contribution >= 4 is 42.0 Å². The van der Waals surface area contributed by atoms with Gasteiger partial charge in [-0.15, -0.1) is 0 Å². The zero-order chi connectivity index (χ0) is 16.6. The van der Waals surface area contributed by atoms with Crippen LogP contribution in [0.1, 0.15) is 31.1 Å². The molecule has 1 aliphatic heterocycles. The van der Waals surface area contributed by atoms with Crippen LogP contribution in [0.3, 0.4) is 0 Å². The number of fused-ring (bicyclic) bond motifs is 1. The van der Waals surface area contributed by atoms with Gasteiger partial charge in [-0.05, 0) is 0 Å². The second kappa shape index (κ2) is 5.34. The molecule has 1 aromatic carbocycles. The normalized spacial score (nSPS) is 19.2. The molecule has 0 saturated heterocycles. The Balaban J connectivity index is 2.80. The molecule has 1 aliphatic rings. The Labute approximate surface area is 129 Å². The van der Waals surface area contributed by atoms with E-state index in [1.807, 2.05) is 0 Å². The number of rotatable bonds is 3. The molecule has 8 heteroatoms. The molecule has 0 radical (unpaired) electrons. The first-order valence-corrected chi connectivity index (χ1v) is 11.5. The molecule has 0 bridgehead atoms. The first kappa shape index (κ1) is 16.4. The topological polar surface area (TPSA) is 96.0 Å². The number of benzene rings is 1. The monoisotopic (exact) mass is 422 g/mol. The van der Waals surface area contributed by atoms with Crippen LogP contribution in [0.15, 0.2) is 24.3 Å². The number of halogens is 1. The van der Waals surface area contributed by atoms with Gasteiger partial charge >= 0.3 is 129 Å². The first-order valence-electron chi connectivity index (χ1n) is 6.28. The molecule has 0 unspecified atom stereocenters. The van der Waals surface area contributed by atoms with Gasteiger partial charge in [-0.1, -0.05) is 0 Å². The van der Waals surface area contributed by atoms with E-state index in [-0.39, 0.29) is 9.13 Å². The van der Waals surface area contributed by atoms with Gasteiger partial charge in [-0.25, -0.2) is 0 Å². The van der Waals surface area contributed by atoms with Gasteiger partial charge in [0.05, 0.1) is 0 Å². The van der Waals surface area contributed by atoms with Crippen molar-refractivity contribution in [1.29, 1.82) is 0 Å². The van der Waals surface area contributed by atoms with Gasteiger partial charge in [0, 0.05) is 0 Å².